The molecule has 1 N–H and O–H groups in total. The number of hydrogen-bond acceptors (Lipinski definition) is 4. The Morgan fingerprint density at radius 3 is 2.54 bits per heavy atom. The van der Waals surface area contributed by atoms with Gasteiger partial charge in [0.05, 0.1) is 0 Å². The molecule has 2 heterocycles. The fourth-order valence-corrected chi connectivity index (χ4v) is 2.65. The Labute approximate surface area is 141 Å². The van der Waals surface area contributed by atoms with E-state index in [1.807, 2.05) is 42.2 Å². The molecule has 0 aliphatic carbocycles. The Bertz CT molecular complexity index is 652. The molecule has 0 atom stereocenters. The number of carbonyl (C=O) groups excluding carboxylic acids is 1. The lowest BCUT2D eigenvalue weighted by atomic mass is 10.1. The number of likely N-dealkylation sites (tertiary alicyclic amines) is 1. The molecule has 0 unspecified atom stereocenters. The van der Waals surface area contributed by atoms with Gasteiger partial charge in [0.15, 0.2) is 0 Å². The molecule has 2 amide bonds. The van der Waals surface area contributed by atoms with Gasteiger partial charge in [-0.2, -0.15) is 0 Å². The van der Waals surface area contributed by atoms with E-state index in [-0.39, 0.29) is 12.1 Å². The third-order valence-electron chi connectivity index (χ3n) is 4.05. The average molecular weight is 326 g/mol. The third kappa shape index (κ3) is 4.44. The second kappa shape index (κ2) is 7.77. The molecule has 0 saturated carbocycles. The van der Waals surface area contributed by atoms with Crippen LogP contribution in [0.2, 0.25) is 0 Å². The topological polar surface area (TPSA) is 67.3 Å². The van der Waals surface area contributed by atoms with Crippen LogP contribution in [0.1, 0.15) is 24.0 Å². The minimum absolute atomic E-state index is 0.0242. The van der Waals surface area contributed by atoms with Crippen LogP contribution in [0.4, 0.5) is 4.79 Å². The fraction of sp³-hybridized carbons (Fsp3) is 0.389. The highest BCUT2D eigenvalue weighted by atomic mass is 16.5. The van der Waals surface area contributed by atoms with E-state index in [1.54, 1.807) is 12.4 Å². The summed E-state index contributed by atoms with van der Waals surface area (Å²) in [6.07, 6.45) is 5.13. The molecule has 1 fully saturated rings. The predicted molar refractivity (Wildman–Crippen MR) is 90.7 cm³/mol. The summed E-state index contributed by atoms with van der Waals surface area (Å²) in [4.78, 5) is 22.4. The van der Waals surface area contributed by atoms with Gasteiger partial charge in [-0.05, 0) is 18.1 Å². The summed E-state index contributed by atoms with van der Waals surface area (Å²) in [5, 5.41) is 2.96. The quantitative estimate of drug-likeness (QED) is 0.937. The highest BCUT2D eigenvalue weighted by molar-refractivity contribution is 5.74. The van der Waals surface area contributed by atoms with Gasteiger partial charge in [0.1, 0.15) is 6.10 Å². The Hall–Kier alpha value is -2.63. The van der Waals surface area contributed by atoms with Crippen LogP contribution >= 0.6 is 0 Å². The minimum Gasteiger partial charge on any atom is -0.460 e. The van der Waals surface area contributed by atoms with Crippen molar-refractivity contribution in [2.45, 2.75) is 32.4 Å². The SMILES string of the molecule is Cc1cnc(OC2CCN(C(=O)NCc3ccccc3)CC2)nc1. The largest absolute Gasteiger partial charge is 0.460 e. The standard InChI is InChI=1S/C18H22N4O2/c1-14-11-19-17(20-12-14)24-16-7-9-22(10-8-16)18(23)21-13-15-5-3-2-4-6-15/h2-6,11-12,16H,7-10,13H2,1H3,(H,21,23). The maximum atomic E-state index is 12.2. The van der Waals surface area contributed by atoms with Crippen molar-refractivity contribution in [2.24, 2.45) is 0 Å². The monoisotopic (exact) mass is 326 g/mol. The van der Waals surface area contributed by atoms with E-state index in [0.717, 1.165) is 24.0 Å². The summed E-state index contributed by atoms with van der Waals surface area (Å²) in [7, 11) is 0. The fourth-order valence-electron chi connectivity index (χ4n) is 2.65. The molecule has 1 aromatic carbocycles. The van der Waals surface area contributed by atoms with E-state index in [0.29, 0.717) is 25.6 Å². The molecule has 126 valence electrons. The first-order valence-corrected chi connectivity index (χ1v) is 8.23. The molecular weight excluding hydrogens is 304 g/mol. The smallest absolute Gasteiger partial charge is 0.317 e. The highest BCUT2D eigenvalue weighted by Gasteiger charge is 2.24. The first kappa shape index (κ1) is 16.2. The third-order valence-corrected chi connectivity index (χ3v) is 4.05. The summed E-state index contributed by atoms with van der Waals surface area (Å²) in [5.74, 6) is 0. The number of carbonyl (C=O) groups is 1. The van der Waals surface area contributed by atoms with Crippen LogP contribution < -0.4 is 10.1 Å². The molecule has 1 aliphatic rings. The normalized spacial score (nSPS) is 15.1. The van der Waals surface area contributed by atoms with Gasteiger partial charge < -0.3 is 15.0 Å². The van der Waals surface area contributed by atoms with E-state index in [2.05, 4.69) is 15.3 Å². The Kier molecular flexibility index (Phi) is 5.25. The van der Waals surface area contributed by atoms with Crippen molar-refractivity contribution in [3.05, 3.63) is 53.9 Å². The van der Waals surface area contributed by atoms with Gasteiger partial charge in [-0.1, -0.05) is 30.3 Å². The van der Waals surface area contributed by atoms with Gasteiger partial charge in [-0.3, -0.25) is 0 Å². The van der Waals surface area contributed by atoms with Gasteiger partial charge in [0.25, 0.3) is 0 Å². The molecule has 0 radical (unpaired) electrons. The molecular formula is C18H22N4O2. The second-order valence-electron chi connectivity index (χ2n) is 5.99. The van der Waals surface area contributed by atoms with Gasteiger partial charge in [0, 0.05) is 44.9 Å². The number of urea groups is 1. The van der Waals surface area contributed by atoms with Crippen LogP contribution in [0.25, 0.3) is 0 Å². The second-order valence-corrected chi connectivity index (χ2v) is 5.99. The van der Waals surface area contributed by atoms with Crippen LogP contribution in [0.5, 0.6) is 6.01 Å². The summed E-state index contributed by atoms with van der Waals surface area (Å²) in [6, 6.07) is 10.3. The van der Waals surface area contributed by atoms with Gasteiger partial charge in [-0.25, -0.2) is 14.8 Å². The predicted octanol–water partition coefficient (Wildman–Crippen LogP) is 2.54. The van der Waals surface area contributed by atoms with Crippen molar-refractivity contribution in [1.82, 2.24) is 20.2 Å². The van der Waals surface area contributed by atoms with Crippen molar-refractivity contribution in [1.29, 1.82) is 0 Å². The number of nitrogens with zero attached hydrogens (tertiary/aromatic N) is 3. The maximum Gasteiger partial charge on any atom is 0.317 e. The zero-order valence-electron chi connectivity index (χ0n) is 13.8. The summed E-state index contributed by atoms with van der Waals surface area (Å²) in [5.41, 5.74) is 2.10. The number of amides is 2. The van der Waals surface area contributed by atoms with Gasteiger partial charge in [0.2, 0.25) is 0 Å². The van der Waals surface area contributed by atoms with Crippen LogP contribution in [-0.2, 0) is 6.54 Å². The number of nitrogens with one attached hydrogen (secondary N) is 1. The first-order valence-electron chi connectivity index (χ1n) is 8.23. The molecule has 3 rings (SSSR count). The number of piperidine rings is 1. The summed E-state index contributed by atoms with van der Waals surface area (Å²) < 4.78 is 5.79. The Morgan fingerprint density at radius 1 is 1.21 bits per heavy atom. The van der Waals surface area contributed by atoms with E-state index < -0.39 is 0 Å². The number of benzene rings is 1. The molecule has 24 heavy (non-hydrogen) atoms. The first-order chi connectivity index (χ1) is 11.7. The van der Waals surface area contributed by atoms with Crippen molar-refractivity contribution in [3.63, 3.8) is 0 Å². The molecule has 1 aliphatic heterocycles. The average Bonchev–Trinajstić information content (AvgIpc) is 2.63. The summed E-state index contributed by atoms with van der Waals surface area (Å²) >= 11 is 0. The highest BCUT2D eigenvalue weighted by Crippen LogP contribution is 2.16. The minimum atomic E-state index is -0.0242. The van der Waals surface area contributed by atoms with Crippen LogP contribution in [-0.4, -0.2) is 40.1 Å². The number of rotatable bonds is 4. The zero-order valence-corrected chi connectivity index (χ0v) is 13.8. The van der Waals surface area contributed by atoms with Crippen molar-refractivity contribution >= 4 is 6.03 Å². The molecule has 6 nitrogen and oxygen atoms in total. The number of hydrogen-bond donors (Lipinski definition) is 1. The van der Waals surface area contributed by atoms with E-state index >= 15 is 0 Å². The van der Waals surface area contributed by atoms with Gasteiger partial charge >= 0.3 is 12.0 Å². The molecule has 6 heteroatoms. The maximum absolute atomic E-state index is 12.2. The van der Waals surface area contributed by atoms with Crippen molar-refractivity contribution in [2.75, 3.05) is 13.1 Å². The molecule has 1 aromatic heterocycles. The lowest BCUT2D eigenvalue weighted by Gasteiger charge is -2.31. The molecule has 0 bridgehead atoms. The zero-order chi connectivity index (χ0) is 16.8. The van der Waals surface area contributed by atoms with E-state index in [9.17, 15) is 4.79 Å². The number of aryl methyl sites for hydroxylation is 1. The lowest BCUT2D eigenvalue weighted by molar-refractivity contribution is 0.103. The van der Waals surface area contributed by atoms with Crippen molar-refractivity contribution < 1.29 is 9.53 Å². The van der Waals surface area contributed by atoms with E-state index in [4.69, 9.17) is 4.74 Å². The lowest BCUT2D eigenvalue weighted by Crippen LogP contribution is -2.46. The van der Waals surface area contributed by atoms with Crippen LogP contribution in [0.15, 0.2) is 42.7 Å². The Morgan fingerprint density at radius 2 is 1.88 bits per heavy atom. The van der Waals surface area contributed by atoms with Crippen LogP contribution in [0, 0.1) is 6.92 Å². The van der Waals surface area contributed by atoms with Crippen LogP contribution in [0.3, 0.4) is 0 Å². The van der Waals surface area contributed by atoms with E-state index in [1.165, 1.54) is 0 Å². The molecule has 2 aromatic rings. The number of aromatic nitrogens is 2. The Balaban J connectivity index is 1.42. The molecule has 0 spiro atoms. The number of ether oxygens (including phenoxy) is 1. The van der Waals surface area contributed by atoms with Crippen molar-refractivity contribution in [3.8, 4) is 6.01 Å². The molecule has 1 saturated heterocycles. The van der Waals surface area contributed by atoms with Gasteiger partial charge in [-0.15, -0.1) is 0 Å². The summed E-state index contributed by atoms with van der Waals surface area (Å²) in [6.45, 7) is 3.85.